The number of aryl methyl sites for hydroxylation is 2. The lowest BCUT2D eigenvalue weighted by Crippen LogP contribution is -2.24. The van der Waals surface area contributed by atoms with E-state index in [2.05, 4.69) is 37.3 Å². The van der Waals surface area contributed by atoms with E-state index >= 15 is 0 Å². The van der Waals surface area contributed by atoms with Crippen LogP contribution in [-0.4, -0.2) is 22.1 Å². The van der Waals surface area contributed by atoms with Gasteiger partial charge in [0.1, 0.15) is 5.76 Å². The van der Waals surface area contributed by atoms with Crippen molar-refractivity contribution in [2.75, 3.05) is 5.32 Å². The molecule has 2 fully saturated rings. The minimum Gasteiger partial charge on any atom is -0.481 e. The highest BCUT2D eigenvalue weighted by atomic mass is 16.5. The summed E-state index contributed by atoms with van der Waals surface area (Å²) < 4.78 is 5.89. The number of nitrogens with one attached hydrogen (secondary N) is 1. The first-order valence-corrected chi connectivity index (χ1v) is 12.9. The molecule has 184 valence electrons. The minimum absolute atomic E-state index is 0.0778. The number of rotatable bonds is 11. The van der Waals surface area contributed by atoms with Crippen molar-refractivity contribution in [2.24, 2.45) is 11.8 Å². The molecule has 2 aliphatic rings. The Morgan fingerprint density at radius 2 is 1.91 bits per heavy atom. The van der Waals surface area contributed by atoms with Crippen molar-refractivity contribution < 1.29 is 19.2 Å². The molecule has 6 nitrogen and oxygen atoms in total. The average molecular weight is 467 g/mol. The molecule has 2 N–H and O–H groups in total. The van der Waals surface area contributed by atoms with Crippen LogP contribution < -0.4 is 5.32 Å². The smallest absolute Gasteiger partial charge is 0.304 e. The van der Waals surface area contributed by atoms with Crippen LogP contribution in [0.3, 0.4) is 0 Å². The molecule has 0 saturated heterocycles. The maximum absolute atomic E-state index is 13.0. The number of carbonyl (C=O) groups excluding carboxylic acids is 1. The Bertz CT molecular complexity index is 1030. The van der Waals surface area contributed by atoms with E-state index in [0.29, 0.717) is 23.4 Å². The monoisotopic (exact) mass is 466 g/mol. The summed E-state index contributed by atoms with van der Waals surface area (Å²) in [6, 6.07) is 6.06. The van der Waals surface area contributed by atoms with Crippen molar-refractivity contribution in [3.05, 3.63) is 46.3 Å². The molecule has 1 aromatic carbocycles. The van der Waals surface area contributed by atoms with Gasteiger partial charge in [-0.3, -0.25) is 9.59 Å². The number of amides is 1. The second-order valence-corrected chi connectivity index (χ2v) is 10.8. The number of hydrogen-bond acceptors (Lipinski definition) is 4. The third-order valence-corrected chi connectivity index (χ3v) is 7.40. The molecule has 6 heteroatoms. The summed E-state index contributed by atoms with van der Waals surface area (Å²) >= 11 is 0. The molecule has 1 unspecified atom stereocenters. The van der Waals surface area contributed by atoms with Crippen LogP contribution in [0.2, 0.25) is 0 Å². The number of carbonyl (C=O) groups is 2. The van der Waals surface area contributed by atoms with Gasteiger partial charge in [-0.25, -0.2) is 0 Å². The Balaban J connectivity index is 1.52. The molecule has 4 rings (SSSR count). The van der Waals surface area contributed by atoms with E-state index in [-0.39, 0.29) is 18.7 Å². The summed E-state index contributed by atoms with van der Waals surface area (Å²) in [4.78, 5) is 24.7. The Morgan fingerprint density at radius 3 is 2.53 bits per heavy atom. The fraction of sp³-hybridized carbons (Fsp3) is 0.607. The zero-order chi connectivity index (χ0) is 24.4. The van der Waals surface area contributed by atoms with Crippen LogP contribution in [0.15, 0.2) is 22.7 Å². The fourth-order valence-electron chi connectivity index (χ4n) is 5.43. The maximum Gasteiger partial charge on any atom is 0.304 e. The summed E-state index contributed by atoms with van der Waals surface area (Å²) in [5.41, 5.74) is 4.73. The molecule has 0 bridgehead atoms. The van der Waals surface area contributed by atoms with Gasteiger partial charge in [-0.2, -0.15) is 0 Å². The number of hydrogen-bond donors (Lipinski definition) is 2. The first-order valence-electron chi connectivity index (χ1n) is 12.9. The maximum atomic E-state index is 13.0. The van der Waals surface area contributed by atoms with Crippen molar-refractivity contribution in [1.29, 1.82) is 0 Å². The number of benzene rings is 1. The number of nitrogens with zero attached hydrogens (tertiary/aromatic N) is 1. The SMILES string of the molecule is CCc1ccc(C)c(NC(=O)CC(CC(=O)O)c2noc(C3CC(CC(C)C)C3)c2C2CC2)c1. The fourth-order valence-corrected chi connectivity index (χ4v) is 5.43. The van der Waals surface area contributed by atoms with E-state index in [1.807, 2.05) is 19.1 Å². The topological polar surface area (TPSA) is 92.4 Å². The Kier molecular flexibility index (Phi) is 7.44. The molecule has 0 spiro atoms. The molecule has 2 aliphatic carbocycles. The van der Waals surface area contributed by atoms with Crippen molar-refractivity contribution in [3.8, 4) is 0 Å². The highest BCUT2D eigenvalue weighted by Crippen LogP contribution is 2.52. The van der Waals surface area contributed by atoms with Gasteiger partial charge in [-0.1, -0.05) is 38.1 Å². The van der Waals surface area contributed by atoms with Gasteiger partial charge in [0.25, 0.3) is 0 Å². The van der Waals surface area contributed by atoms with Gasteiger partial charge in [-0.15, -0.1) is 0 Å². The number of carboxylic acids is 1. The Labute approximate surface area is 202 Å². The molecule has 1 aromatic heterocycles. The minimum atomic E-state index is -0.922. The molecule has 0 radical (unpaired) electrons. The van der Waals surface area contributed by atoms with Crippen LogP contribution in [-0.2, 0) is 16.0 Å². The second kappa shape index (κ2) is 10.3. The quantitative estimate of drug-likeness (QED) is 0.392. The van der Waals surface area contributed by atoms with E-state index in [0.717, 1.165) is 66.2 Å². The third-order valence-electron chi connectivity index (χ3n) is 7.40. The van der Waals surface area contributed by atoms with Crippen LogP contribution in [0.25, 0.3) is 0 Å². The number of aromatic nitrogens is 1. The van der Waals surface area contributed by atoms with E-state index in [4.69, 9.17) is 4.52 Å². The summed E-state index contributed by atoms with van der Waals surface area (Å²) in [6.45, 7) is 8.56. The van der Waals surface area contributed by atoms with Gasteiger partial charge in [0, 0.05) is 29.5 Å². The molecule has 0 aliphatic heterocycles. The van der Waals surface area contributed by atoms with E-state index in [1.165, 1.54) is 6.42 Å². The lowest BCUT2D eigenvalue weighted by atomic mass is 9.69. The van der Waals surface area contributed by atoms with Crippen LogP contribution >= 0.6 is 0 Å². The zero-order valence-electron chi connectivity index (χ0n) is 20.9. The van der Waals surface area contributed by atoms with Crippen molar-refractivity contribution in [1.82, 2.24) is 5.16 Å². The van der Waals surface area contributed by atoms with Crippen molar-refractivity contribution in [3.63, 3.8) is 0 Å². The third kappa shape index (κ3) is 5.70. The van der Waals surface area contributed by atoms with Crippen molar-refractivity contribution >= 4 is 17.6 Å². The molecule has 34 heavy (non-hydrogen) atoms. The lowest BCUT2D eigenvalue weighted by Gasteiger charge is -2.35. The van der Waals surface area contributed by atoms with Crippen LogP contribution in [0.1, 0.15) is 112 Å². The Morgan fingerprint density at radius 1 is 1.18 bits per heavy atom. The van der Waals surface area contributed by atoms with E-state index in [1.54, 1.807) is 0 Å². The molecule has 1 heterocycles. The summed E-state index contributed by atoms with van der Waals surface area (Å²) in [7, 11) is 0. The standard InChI is InChI=1S/C28H38N2O4/c1-5-18-7-6-17(4)23(13-18)29-24(31)14-21(15-25(32)33)27-26(20-8-9-20)28(34-30-27)22-11-19(12-22)10-16(2)3/h6-7,13,16,19-22H,5,8-12,14-15H2,1-4H3,(H,29,31)(H,32,33). The highest BCUT2D eigenvalue weighted by molar-refractivity contribution is 5.92. The average Bonchev–Trinajstić information content (AvgIpc) is 3.49. The molecule has 2 saturated carbocycles. The molecular weight excluding hydrogens is 428 g/mol. The van der Waals surface area contributed by atoms with Crippen LogP contribution in [0.5, 0.6) is 0 Å². The van der Waals surface area contributed by atoms with E-state index < -0.39 is 11.9 Å². The van der Waals surface area contributed by atoms with Gasteiger partial charge < -0.3 is 14.9 Å². The zero-order valence-corrected chi connectivity index (χ0v) is 20.9. The summed E-state index contributed by atoms with van der Waals surface area (Å²) in [5.74, 6) is 1.55. The molecule has 1 atom stereocenters. The first kappa shape index (κ1) is 24.5. The first-order chi connectivity index (χ1) is 16.2. The summed E-state index contributed by atoms with van der Waals surface area (Å²) in [5, 5.41) is 17.0. The number of aliphatic carboxylic acids is 1. The predicted octanol–water partition coefficient (Wildman–Crippen LogP) is 6.55. The number of carboxylic acid groups (broad SMARTS) is 1. The van der Waals surface area contributed by atoms with Crippen LogP contribution in [0.4, 0.5) is 5.69 Å². The van der Waals surface area contributed by atoms with Gasteiger partial charge in [-0.05, 0) is 80.4 Å². The van der Waals surface area contributed by atoms with Gasteiger partial charge >= 0.3 is 5.97 Å². The van der Waals surface area contributed by atoms with Crippen molar-refractivity contribution in [2.45, 2.75) is 96.8 Å². The van der Waals surface area contributed by atoms with Gasteiger partial charge in [0.2, 0.25) is 5.91 Å². The highest BCUT2D eigenvalue weighted by Gasteiger charge is 2.42. The lowest BCUT2D eigenvalue weighted by molar-refractivity contribution is -0.137. The largest absolute Gasteiger partial charge is 0.481 e. The predicted molar refractivity (Wildman–Crippen MR) is 132 cm³/mol. The summed E-state index contributed by atoms with van der Waals surface area (Å²) in [6.07, 6.45) is 6.46. The molecular formula is C28H38N2O4. The molecule has 2 aromatic rings. The van der Waals surface area contributed by atoms with Crippen LogP contribution in [0, 0.1) is 18.8 Å². The second-order valence-electron chi connectivity index (χ2n) is 10.8. The van der Waals surface area contributed by atoms with Gasteiger partial charge in [0.15, 0.2) is 0 Å². The van der Waals surface area contributed by atoms with Gasteiger partial charge in [0.05, 0.1) is 12.1 Å². The molecule has 1 amide bonds. The Hall–Kier alpha value is -2.63. The normalized spacial score (nSPS) is 20.7. The van der Waals surface area contributed by atoms with E-state index in [9.17, 15) is 14.7 Å². The number of anilines is 1.